The van der Waals surface area contributed by atoms with Gasteiger partial charge in [-0.25, -0.2) is 9.82 Å². The summed E-state index contributed by atoms with van der Waals surface area (Å²) in [5.74, 6) is 0. The molecule has 0 radical (unpaired) electrons. The zero-order valence-corrected chi connectivity index (χ0v) is 8.53. The summed E-state index contributed by atoms with van der Waals surface area (Å²) in [6, 6.07) is 0. The highest BCUT2D eigenvalue weighted by atomic mass is 32.1. The van der Waals surface area contributed by atoms with Crippen LogP contribution >= 0.6 is 11.3 Å². The summed E-state index contributed by atoms with van der Waals surface area (Å²) < 4.78 is 4.97. The van der Waals surface area contributed by atoms with Gasteiger partial charge in [0.15, 0.2) is 6.79 Å². The van der Waals surface area contributed by atoms with Crippen LogP contribution in [0.2, 0.25) is 0 Å². The molecule has 0 bridgehead atoms. The number of aryl methyl sites for hydroxylation is 1. The van der Waals surface area contributed by atoms with Crippen molar-refractivity contribution in [1.29, 1.82) is 0 Å². The molecule has 0 saturated carbocycles. The fourth-order valence-electron chi connectivity index (χ4n) is 0.874. The molecule has 0 aliphatic carbocycles. The number of hydrogen-bond donors (Lipinski definition) is 2. The van der Waals surface area contributed by atoms with Crippen molar-refractivity contribution < 1.29 is 20.0 Å². The standard InChI is InChI=1S/C7H12N2O4S/c1-6-7(14-4-8-6)2-3-12-5-13-9(10)11/h4,10-11H,2-3,5H2,1H3. The molecular weight excluding hydrogens is 208 g/mol. The lowest BCUT2D eigenvalue weighted by molar-refractivity contribution is -0.506. The molecule has 1 heterocycles. The van der Waals surface area contributed by atoms with Gasteiger partial charge in [0.1, 0.15) is 0 Å². The normalized spacial score (nSPS) is 11.1. The highest BCUT2D eigenvalue weighted by Gasteiger charge is 2.01. The number of ether oxygens (including phenoxy) is 1. The monoisotopic (exact) mass is 220 g/mol. The molecule has 14 heavy (non-hydrogen) atoms. The molecule has 0 aliphatic heterocycles. The van der Waals surface area contributed by atoms with E-state index >= 15 is 0 Å². The van der Waals surface area contributed by atoms with Crippen LogP contribution in [0, 0.1) is 6.92 Å². The molecule has 80 valence electrons. The molecule has 0 saturated heterocycles. The van der Waals surface area contributed by atoms with E-state index in [4.69, 9.17) is 15.2 Å². The molecule has 2 N–H and O–H groups in total. The van der Waals surface area contributed by atoms with Crippen molar-refractivity contribution in [1.82, 2.24) is 10.4 Å². The Morgan fingerprint density at radius 1 is 1.57 bits per heavy atom. The van der Waals surface area contributed by atoms with Gasteiger partial charge in [0.05, 0.1) is 23.2 Å². The minimum absolute atomic E-state index is 0.190. The average Bonchev–Trinajstić information content (AvgIpc) is 2.51. The predicted molar refractivity (Wildman–Crippen MR) is 47.9 cm³/mol. The average molecular weight is 220 g/mol. The summed E-state index contributed by atoms with van der Waals surface area (Å²) in [5, 5.41) is 15.9. The maximum absolute atomic E-state index is 8.16. The largest absolute Gasteiger partial charge is 0.353 e. The van der Waals surface area contributed by atoms with Gasteiger partial charge in [-0.3, -0.25) is 10.4 Å². The molecule has 0 aromatic carbocycles. The topological polar surface area (TPSA) is 75.1 Å². The SMILES string of the molecule is Cc1ncsc1CCOCON(O)O. The molecular formula is C7H12N2O4S. The molecule has 1 aromatic heterocycles. The number of nitrogens with zero attached hydrogens (tertiary/aromatic N) is 2. The van der Waals surface area contributed by atoms with Crippen LogP contribution in [0.5, 0.6) is 0 Å². The van der Waals surface area contributed by atoms with Gasteiger partial charge in [0.25, 0.3) is 0 Å². The Kier molecular flexibility index (Phi) is 4.94. The van der Waals surface area contributed by atoms with E-state index in [0.717, 1.165) is 17.0 Å². The summed E-state index contributed by atoms with van der Waals surface area (Å²) in [6.07, 6.45) is 0.747. The first-order valence-corrected chi connectivity index (χ1v) is 4.85. The highest BCUT2D eigenvalue weighted by molar-refractivity contribution is 7.09. The minimum atomic E-state index is -0.377. The van der Waals surface area contributed by atoms with E-state index in [2.05, 4.69) is 9.82 Å². The third-order valence-electron chi connectivity index (χ3n) is 1.57. The Labute approximate surface area is 85.2 Å². The van der Waals surface area contributed by atoms with Crippen LogP contribution in [0.1, 0.15) is 10.6 Å². The lowest BCUT2D eigenvalue weighted by Crippen LogP contribution is -2.17. The van der Waals surface area contributed by atoms with Crippen LogP contribution < -0.4 is 0 Å². The number of rotatable bonds is 6. The number of aromatic nitrogens is 1. The van der Waals surface area contributed by atoms with Gasteiger partial charge in [0.2, 0.25) is 0 Å². The van der Waals surface area contributed by atoms with E-state index in [-0.39, 0.29) is 12.2 Å². The van der Waals surface area contributed by atoms with Crippen LogP contribution in [-0.2, 0) is 16.0 Å². The lowest BCUT2D eigenvalue weighted by atomic mass is 10.3. The second-order valence-electron chi connectivity index (χ2n) is 2.52. The summed E-state index contributed by atoms with van der Waals surface area (Å²) in [6.45, 7) is 2.20. The van der Waals surface area contributed by atoms with E-state index in [1.165, 1.54) is 0 Å². The van der Waals surface area contributed by atoms with Crippen LogP contribution in [0.15, 0.2) is 5.51 Å². The maximum atomic E-state index is 8.16. The van der Waals surface area contributed by atoms with Gasteiger partial charge in [-0.15, -0.1) is 11.3 Å². The Morgan fingerprint density at radius 2 is 2.36 bits per heavy atom. The van der Waals surface area contributed by atoms with Crippen molar-refractivity contribution in [3.05, 3.63) is 16.1 Å². The fourth-order valence-corrected chi connectivity index (χ4v) is 1.64. The van der Waals surface area contributed by atoms with E-state index in [1.807, 2.05) is 6.92 Å². The molecule has 0 amide bonds. The number of hydrogen-bond acceptors (Lipinski definition) is 7. The summed E-state index contributed by atoms with van der Waals surface area (Å²) >= 11 is 1.57. The molecule has 0 atom stereocenters. The smallest absolute Gasteiger partial charge is 0.172 e. The summed E-state index contributed by atoms with van der Waals surface area (Å²) in [5.41, 5.74) is 2.79. The zero-order valence-electron chi connectivity index (χ0n) is 7.71. The molecule has 1 aromatic rings. The van der Waals surface area contributed by atoms with E-state index in [9.17, 15) is 0 Å². The molecule has 0 spiro atoms. The van der Waals surface area contributed by atoms with E-state index < -0.39 is 0 Å². The quantitative estimate of drug-likeness (QED) is 0.423. The molecule has 0 fully saturated rings. The van der Waals surface area contributed by atoms with Gasteiger partial charge >= 0.3 is 0 Å². The van der Waals surface area contributed by atoms with Gasteiger partial charge < -0.3 is 4.74 Å². The Bertz CT molecular complexity index is 266. The van der Waals surface area contributed by atoms with Crippen molar-refractivity contribution in [2.75, 3.05) is 13.4 Å². The molecule has 6 nitrogen and oxygen atoms in total. The molecule has 1 rings (SSSR count). The van der Waals surface area contributed by atoms with Crippen molar-refractivity contribution in [3.8, 4) is 0 Å². The molecule has 0 aliphatic rings. The third kappa shape index (κ3) is 4.09. The maximum Gasteiger partial charge on any atom is 0.172 e. The van der Waals surface area contributed by atoms with Crippen molar-refractivity contribution in [3.63, 3.8) is 0 Å². The van der Waals surface area contributed by atoms with E-state index in [0.29, 0.717) is 6.61 Å². The first-order valence-electron chi connectivity index (χ1n) is 3.97. The fraction of sp³-hybridized carbons (Fsp3) is 0.571. The van der Waals surface area contributed by atoms with Gasteiger partial charge in [-0.05, 0) is 6.92 Å². The van der Waals surface area contributed by atoms with Gasteiger partial charge in [0, 0.05) is 11.3 Å². The lowest BCUT2D eigenvalue weighted by Gasteiger charge is -2.06. The van der Waals surface area contributed by atoms with Crippen molar-refractivity contribution in [2.45, 2.75) is 13.3 Å². The predicted octanol–water partition coefficient (Wildman–Crippen LogP) is 0.980. The second kappa shape index (κ2) is 6.02. The number of thiazole rings is 1. The Morgan fingerprint density at radius 3 is 2.93 bits per heavy atom. The molecule has 7 heteroatoms. The van der Waals surface area contributed by atoms with Crippen LogP contribution in [0.3, 0.4) is 0 Å². The Balaban J connectivity index is 2.08. The summed E-state index contributed by atoms with van der Waals surface area (Å²) in [4.78, 5) is 9.45. The van der Waals surface area contributed by atoms with Crippen molar-refractivity contribution >= 4 is 11.3 Å². The first-order chi connectivity index (χ1) is 6.70. The van der Waals surface area contributed by atoms with Crippen LogP contribution in [-0.4, -0.2) is 34.2 Å². The first kappa shape index (κ1) is 11.5. The van der Waals surface area contributed by atoms with Crippen LogP contribution in [0.25, 0.3) is 0 Å². The highest BCUT2D eigenvalue weighted by Crippen LogP contribution is 2.12. The summed E-state index contributed by atoms with van der Waals surface area (Å²) in [7, 11) is 0. The molecule has 0 unspecified atom stereocenters. The minimum Gasteiger partial charge on any atom is -0.353 e. The third-order valence-corrected chi connectivity index (χ3v) is 2.56. The van der Waals surface area contributed by atoms with Crippen molar-refractivity contribution in [2.24, 2.45) is 0 Å². The van der Waals surface area contributed by atoms with E-state index in [1.54, 1.807) is 16.8 Å². The zero-order chi connectivity index (χ0) is 10.4. The Hall–Kier alpha value is -0.570. The van der Waals surface area contributed by atoms with Crippen LogP contribution in [0.4, 0.5) is 0 Å². The second-order valence-corrected chi connectivity index (χ2v) is 3.46. The van der Waals surface area contributed by atoms with Gasteiger partial charge in [-0.2, -0.15) is 0 Å². The van der Waals surface area contributed by atoms with Gasteiger partial charge in [-0.1, -0.05) is 0 Å².